The minimum atomic E-state index is -0.645. The Kier molecular flexibility index (Phi) is 4.22. The Balaban J connectivity index is 2.49. The first-order valence-electron chi connectivity index (χ1n) is 6.05. The first kappa shape index (κ1) is 14.6. The molecule has 2 aromatic rings. The summed E-state index contributed by atoms with van der Waals surface area (Å²) < 4.78 is 14.9. The molecule has 21 heavy (non-hydrogen) atoms. The third-order valence-corrected chi connectivity index (χ3v) is 2.81. The molecule has 0 bridgehead atoms. The van der Waals surface area contributed by atoms with Crippen LogP contribution < -0.4 is 4.74 Å². The monoisotopic (exact) mass is 290 g/mol. The molecule has 1 N–H and O–H groups in total. The summed E-state index contributed by atoms with van der Waals surface area (Å²) in [5.41, 5.74) is 0.777. The number of hydrogen-bond acceptors (Lipinski definition) is 6. The lowest BCUT2D eigenvalue weighted by molar-refractivity contribution is 0.0554. The van der Waals surface area contributed by atoms with E-state index in [1.54, 1.807) is 19.1 Å². The van der Waals surface area contributed by atoms with Crippen LogP contribution >= 0.6 is 0 Å². The van der Waals surface area contributed by atoms with E-state index in [-0.39, 0.29) is 11.1 Å². The molecule has 0 aliphatic carbocycles. The lowest BCUT2D eigenvalue weighted by atomic mass is 10.0. The minimum Gasteiger partial charge on any atom is -0.465 e. The molecule has 0 aliphatic rings. The lowest BCUT2D eigenvalue weighted by Crippen LogP contribution is -2.13. The molecule has 1 aromatic carbocycles. The van der Waals surface area contributed by atoms with Gasteiger partial charge >= 0.3 is 11.9 Å². The van der Waals surface area contributed by atoms with Gasteiger partial charge in [0.05, 0.1) is 31.5 Å². The number of hydrogen-bond donors (Lipinski definition) is 1. The average molecular weight is 290 g/mol. The van der Waals surface area contributed by atoms with Crippen molar-refractivity contribution in [3.63, 3.8) is 0 Å². The highest BCUT2D eigenvalue weighted by Crippen LogP contribution is 2.27. The van der Waals surface area contributed by atoms with Gasteiger partial charge in [0.15, 0.2) is 0 Å². The molecule has 0 saturated carbocycles. The number of aromatic amines is 1. The largest absolute Gasteiger partial charge is 0.465 e. The van der Waals surface area contributed by atoms with Gasteiger partial charge in [-0.25, -0.2) is 14.7 Å². The number of benzene rings is 1. The van der Waals surface area contributed by atoms with E-state index in [0.29, 0.717) is 17.2 Å². The van der Waals surface area contributed by atoms with Crippen molar-refractivity contribution in [1.29, 1.82) is 0 Å². The second-order valence-corrected chi connectivity index (χ2v) is 4.17. The smallest absolute Gasteiger partial charge is 0.339 e. The number of ether oxygens (including phenoxy) is 3. The Morgan fingerprint density at radius 1 is 1.14 bits per heavy atom. The van der Waals surface area contributed by atoms with E-state index in [9.17, 15) is 9.59 Å². The van der Waals surface area contributed by atoms with Crippen molar-refractivity contribution >= 4 is 11.9 Å². The fraction of sp³-hybridized carbons (Fsp3) is 0.214. The summed E-state index contributed by atoms with van der Waals surface area (Å²) in [6, 6.07) is 4.67. The number of H-pyrrole nitrogens is 1. The number of carbonyl (C=O) groups excluding carboxylic acids is 2. The summed E-state index contributed by atoms with van der Waals surface area (Å²) >= 11 is 0. The minimum absolute atomic E-state index is 0.0823. The van der Waals surface area contributed by atoms with E-state index in [4.69, 9.17) is 14.2 Å². The quantitative estimate of drug-likeness (QED) is 0.867. The summed E-state index contributed by atoms with van der Waals surface area (Å²) in [5, 5.41) is 6.39. The molecule has 0 atom stereocenters. The Hall–Kier alpha value is -2.83. The van der Waals surface area contributed by atoms with Crippen molar-refractivity contribution in [3.05, 3.63) is 41.1 Å². The summed E-state index contributed by atoms with van der Waals surface area (Å²) in [7, 11) is 2.49. The Morgan fingerprint density at radius 3 is 2.43 bits per heavy atom. The molecule has 7 heteroatoms. The molecule has 0 aliphatic heterocycles. The number of aryl methyl sites for hydroxylation is 1. The fourth-order valence-corrected chi connectivity index (χ4v) is 1.88. The van der Waals surface area contributed by atoms with Gasteiger partial charge in [0.25, 0.3) is 0 Å². The van der Waals surface area contributed by atoms with Gasteiger partial charge in [0.2, 0.25) is 5.88 Å². The third-order valence-electron chi connectivity index (χ3n) is 2.81. The molecule has 0 radical (unpaired) electrons. The summed E-state index contributed by atoms with van der Waals surface area (Å²) in [4.78, 5) is 23.7. The van der Waals surface area contributed by atoms with Crippen molar-refractivity contribution in [2.24, 2.45) is 0 Å². The van der Waals surface area contributed by atoms with Gasteiger partial charge in [-0.15, -0.1) is 0 Å². The average Bonchev–Trinajstić information content (AvgIpc) is 2.98. The molecule has 1 heterocycles. The van der Waals surface area contributed by atoms with Gasteiger partial charge in [0.1, 0.15) is 5.75 Å². The van der Waals surface area contributed by atoms with Crippen LogP contribution in [0.3, 0.4) is 0 Å². The normalized spacial score (nSPS) is 10.0. The maximum atomic E-state index is 11.9. The van der Waals surface area contributed by atoms with Crippen LogP contribution in [-0.4, -0.2) is 36.4 Å². The number of methoxy groups -OCH3 is 2. The van der Waals surface area contributed by atoms with E-state index in [1.165, 1.54) is 26.5 Å². The van der Waals surface area contributed by atoms with E-state index in [0.717, 1.165) is 0 Å². The highest BCUT2D eigenvalue weighted by atomic mass is 16.5. The van der Waals surface area contributed by atoms with E-state index in [1.807, 2.05) is 0 Å². The summed E-state index contributed by atoms with van der Waals surface area (Å²) in [5.74, 6) is -0.463. The second-order valence-electron chi connectivity index (χ2n) is 4.17. The molecule has 2 rings (SSSR count). The second kappa shape index (κ2) is 6.08. The molecule has 0 spiro atoms. The van der Waals surface area contributed by atoms with E-state index in [2.05, 4.69) is 10.2 Å². The molecule has 7 nitrogen and oxygen atoms in total. The van der Waals surface area contributed by atoms with Crippen LogP contribution in [-0.2, 0) is 9.47 Å². The van der Waals surface area contributed by atoms with Crippen LogP contribution in [0.5, 0.6) is 11.6 Å². The van der Waals surface area contributed by atoms with Crippen molar-refractivity contribution in [2.75, 3.05) is 14.2 Å². The van der Waals surface area contributed by atoms with Crippen molar-refractivity contribution < 1.29 is 23.8 Å². The van der Waals surface area contributed by atoms with Crippen molar-refractivity contribution in [1.82, 2.24) is 10.2 Å². The maximum Gasteiger partial charge on any atom is 0.339 e. The topological polar surface area (TPSA) is 90.5 Å². The standard InChI is InChI=1S/C14H14N2O5/c1-8-6-9(21-11-4-5-15-16-11)7-10(13(17)19-2)12(8)14(18)20-3/h4-7H,1-3H3,(H,15,16). The zero-order valence-corrected chi connectivity index (χ0v) is 11.8. The van der Waals surface area contributed by atoms with Gasteiger partial charge in [-0.3, -0.25) is 0 Å². The predicted octanol–water partition coefficient (Wildman–Crippen LogP) is 2.08. The molecule has 0 unspecified atom stereocenters. The fourth-order valence-electron chi connectivity index (χ4n) is 1.88. The van der Waals surface area contributed by atoms with Crippen LogP contribution in [0.4, 0.5) is 0 Å². The van der Waals surface area contributed by atoms with Crippen LogP contribution in [0.15, 0.2) is 24.4 Å². The molecule has 0 amide bonds. The van der Waals surface area contributed by atoms with Gasteiger partial charge in [-0.05, 0) is 24.6 Å². The number of rotatable bonds is 4. The van der Waals surface area contributed by atoms with Crippen molar-refractivity contribution in [3.8, 4) is 11.6 Å². The zero-order valence-electron chi connectivity index (χ0n) is 11.8. The summed E-state index contributed by atoms with van der Waals surface area (Å²) in [6.07, 6.45) is 1.53. The summed E-state index contributed by atoms with van der Waals surface area (Å²) in [6.45, 7) is 1.68. The first-order chi connectivity index (χ1) is 10.1. The van der Waals surface area contributed by atoms with Gasteiger partial charge < -0.3 is 14.2 Å². The van der Waals surface area contributed by atoms with Crippen LogP contribution in [0, 0.1) is 6.92 Å². The van der Waals surface area contributed by atoms with Crippen LogP contribution in [0.2, 0.25) is 0 Å². The maximum absolute atomic E-state index is 11.9. The molecule has 1 aromatic heterocycles. The number of nitrogens with zero attached hydrogens (tertiary/aromatic N) is 1. The number of aromatic nitrogens is 2. The van der Waals surface area contributed by atoms with Crippen molar-refractivity contribution in [2.45, 2.75) is 6.92 Å². The molecular formula is C14H14N2O5. The number of esters is 2. The molecule has 0 fully saturated rings. The van der Waals surface area contributed by atoms with E-state index < -0.39 is 11.9 Å². The first-order valence-corrected chi connectivity index (χ1v) is 6.05. The van der Waals surface area contributed by atoms with E-state index >= 15 is 0 Å². The number of carbonyl (C=O) groups is 2. The number of nitrogens with one attached hydrogen (secondary N) is 1. The highest BCUT2D eigenvalue weighted by Gasteiger charge is 2.22. The molecular weight excluding hydrogens is 276 g/mol. The Morgan fingerprint density at radius 2 is 1.86 bits per heavy atom. The highest BCUT2D eigenvalue weighted by molar-refractivity contribution is 6.04. The zero-order chi connectivity index (χ0) is 15.4. The van der Waals surface area contributed by atoms with Gasteiger partial charge in [-0.1, -0.05) is 0 Å². The third kappa shape index (κ3) is 3.02. The Bertz CT molecular complexity index is 664. The molecule has 0 saturated heterocycles. The van der Waals surface area contributed by atoms with Crippen LogP contribution in [0.1, 0.15) is 26.3 Å². The molecule has 110 valence electrons. The predicted molar refractivity (Wildman–Crippen MR) is 72.5 cm³/mol. The van der Waals surface area contributed by atoms with Crippen LogP contribution in [0.25, 0.3) is 0 Å². The SMILES string of the molecule is COC(=O)c1cc(Oc2ccn[nH]2)cc(C)c1C(=O)OC. The van der Waals surface area contributed by atoms with Gasteiger partial charge in [0, 0.05) is 6.07 Å². The lowest BCUT2D eigenvalue weighted by Gasteiger charge is -2.12. The Labute approximate surface area is 120 Å². The van der Waals surface area contributed by atoms with Gasteiger partial charge in [-0.2, -0.15) is 5.10 Å².